The van der Waals surface area contributed by atoms with Crippen LogP contribution in [-0.2, 0) is 4.79 Å². The average Bonchev–Trinajstić information content (AvgIpc) is 2.59. The van der Waals surface area contributed by atoms with Crippen molar-refractivity contribution in [3.63, 3.8) is 0 Å². The summed E-state index contributed by atoms with van der Waals surface area (Å²) in [4.78, 5) is 12.2. The Morgan fingerprint density at radius 3 is 2.44 bits per heavy atom. The van der Waals surface area contributed by atoms with Gasteiger partial charge in [-0.1, -0.05) is 12.1 Å². The lowest BCUT2D eigenvalue weighted by molar-refractivity contribution is -0.115. The molecule has 2 N–H and O–H groups in total. The quantitative estimate of drug-likeness (QED) is 0.727. The SMILES string of the molecule is COc1ccc([C@H](C)NCC(=O)Nc2cc(C)ccc2OC)cc1Br. The van der Waals surface area contributed by atoms with Gasteiger partial charge in [-0.2, -0.15) is 0 Å². The van der Waals surface area contributed by atoms with Crippen molar-refractivity contribution >= 4 is 27.5 Å². The topological polar surface area (TPSA) is 59.6 Å². The molecule has 0 bridgehead atoms. The Kier molecular flexibility index (Phi) is 6.84. The number of halogens is 1. The normalized spacial score (nSPS) is 11.7. The number of aryl methyl sites for hydroxylation is 1. The van der Waals surface area contributed by atoms with Gasteiger partial charge in [0.15, 0.2) is 0 Å². The van der Waals surface area contributed by atoms with Gasteiger partial charge < -0.3 is 20.1 Å². The third-order valence-corrected chi connectivity index (χ3v) is 4.49. The van der Waals surface area contributed by atoms with Crippen molar-refractivity contribution in [3.8, 4) is 11.5 Å². The Bertz CT molecular complexity index is 749. The van der Waals surface area contributed by atoms with Crippen LogP contribution in [0.5, 0.6) is 11.5 Å². The summed E-state index contributed by atoms with van der Waals surface area (Å²) in [6.07, 6.45) is 0. The van der Waals surface area contributed by atoms with E-state index in [0.29, 0.717) is 11.4 Å². The minimum atomic E-state index is -0.122. The molecule has 1 atom stereocenters. The van der Waals surface area contributed by atoms with Crippen molar-refractivity contribution in [2.24, 2.45) is 0 Å². The molecule has 0 heterocycles. The van der Waals surface area contributed by atoms with Gasteiger partial charge in [0, 0.05) is 6.04 Å². The summed E-state index contributed by atoms with van der Waals surface area (Å²) >= 11 is 3.48. The number of amides is 1. The summed E-state index contributed by atoms with van der Waals surface area (Å²) < 4.78 is 11.4. The number of benzene rings is 2. The molecule has 0 fully saturated rings. The highest BCUT2D eigenvalue weighted by Gasteiger charge is 2.12. The van der Waals surface area contributed by atoms with Crippen LogP contribution < -0.4 is 20.1 Å². The number of carbonyl (C=O) groups excluding carboxylic acids is 1. The number of ether oxygens (including phenoxy) is 2. The molecular formula is C19H23BrN2O3. The molecule has 0 saturated carbocycles. The molecule has 0 radical (unpaired) electrons. The van der Waals surface area contributed by atoms with Crippen molar-refractivity contribution in [2.45, 2.75) is 19.9 Å². The van der Waals surface area contributed by atoms with Crippen LogP contribution >= 0.6 is 15.9 Å². The molecule has 0 aliphatic heterocycles. The summed E-state index contributed by atoms with van der Waals surface area (Å²) in [6, 6.07) is 11.6. The molecule has 0 spiro atoms. The van der Waals surface area contributed by atoms with Gasteiger partial charge in [-0.05, 0) is 65.2 Å². The Morgan fingerprint density at radius 2 is 1.80 bits per heavy atom. The largest absolute Gasteiger partial charge is 0.496 e. The first-order valence-corrected chi connectivity index (χ1v) is 8.75. The molecule has 0 aliphatic carbocycles. The summed E-state index contributed by atoms with van der Waals surface area (Å²) in [7, 11) is 3.22. The summed E-state index contributed by atoms with van der Waals surface area (Å²) in [5.41, 5.74) is 2.79. The lowest BCUT2D eigenvalue weighted by Gasteiger charge is -2.16. The third-order valence-electron chi connectivity index (χ3n) is 3.87. The van der Waals surface area contributed by atoms with E-state index in [2.05, 4.69) is 26.6 Å². The molecule has 134 valence electrons. The lowest BCUT2D eigenvalue weighted by Crippen LogP contribution is -2.30. The van der Waals surface area contributed by atoms with E-state index in [9.17, 15) is 4.79 Å². The van der Waals surface area contributed by atoms with Crippen LogP contribution in [0, 0.1) is 6.92 Å². The van der Waals surface area contributed by atoms with Crippen molar-refractivity contribution in [2.75, 3.05) is 26.1 Å². The molecule has 6 heteroatoms. The highest BCUT2D eigenvalue weighted by atomic mass is 79.9. The highest BCUT2D eigenvalue weighted by Crippen LogP contribution is 2.28. The molecule has 2 aromatic carbocycles. The number of nitrogens with one attached hydrogen (secondary N) is 2. The second-order valence-electron chi connectivity index (χ2n) is 5.75. The lowest BCUT2D eigenvalue weighted by atomic mass is 10.1. The molecule has 0 aliphatic rings. The van der Waals surface area contributed by atoms with Crippen molar-refractivity contribution < 1.29 is 14.3 Å². The van der Waals surface area contributed by atoms with Crippen molar-refractivity contribution in [3.05, 3.63) is 52.0 Å². The molecule has 0 unspecified atom stereocenters. The van der Waals surface area contributed by atoms with E-state index in [4.69, 9.17) is 9.47 Å². The number of hydrogen-bond donors (Lipinski definition) is 2. The fraction of sp³-hybridized carbons (Fsp3) is 0.316. The van der Waals surface area contributed by atoms with E-state index in [1.54, 1.807) is 14.2 Å². The van der Waals surface area contributed by atoms with Gasteiger partial charge in [0.05, 0.1) is 30.9 Å². The summed E-state index contributed by atoms with van der Waals surface area (Å²) in [6.45, 7) is 4.17. The zero-order chi connectivity index (χ0) is 18.4. The van der Waals surface area contributed by atoms with Crippen LogP contribution in [0.4, 0.5) is 5.69 Å². The van der Waals surface area contributed by atoms with Gasteiger partial charge >= 0.3 is 0 Å². The number of anilines is 1. The molecule has 2 rings (SSSR count). The summed E-state index contributed by atoms with van der Waals surface area (Å²) in [5.74, 6) is 1.30. The minimum absolute atomic E-state index is 0.0207. The Hall–Kier alpha value is -2.05. The fourth-order valence-corrected chi connectivity index (χ4v) is 2.99. The van der Waals surface area contributed by atoms with E-state index in [1.807, 2.05) is 50.2 Å². The first-order chi connectivity index (χ1) is 11.9. The van der Waals surface area contributed by atoms with E-state index in [1.165, 1.54) is 0 Å². The number of hydrogen-bond acceptors (Lipinski definition) is 4. The maximum atomic E-state index is 12.2. The van der Waals surface area contributed by atoms with Crippen LogP contribution in [0.25, 0.3) is 0 Å². The zero-order valence-electron chi connectivity index (χ0n) is 14.9. The Morgan fingerprint density at radius 1 is 1.12 bits per heavy atom. The highest BCUT2D eigenvalue weighted by molar-refractivity contribution is 9.10. The first kappa shape index (κ1) is 19.3. The maximum Gasteiger partial charge on any atom is 0.238 e. The molecular weight excluding hydrogens is 384 g/mol. The van der Waals surface area contributed by atoms with Gasteiger partial charge in [0.25, 0.3) is 0 Å². The van der Waals surface area contributed by atoms with Crippen LogP contribution in [0.15, 0.2) is 40.9 Å². The van der Waals surface area contributed by atoms with Gasteiger partial charge in [0.2, 0.25) is 5.91 Å². The van der Waals surface area contributed by atoms with Crippen molar-refractivity contribution in [1.82, 2.24) is 5.32 Å². The second-order valence-corrected chi connectivity index (χ2v) is 6.60. The zero-order valence-corrected chi connectivity index (χ0v) is 16.4. The number of methoxy groups -OCH3 is 2. The van der Waals surface area contributed by atoms with Gasteiger partial charge in [-0.25, -0.2) is 0 Å². The predicted molar refractivity (Wildman–Crippen MR) is 103 cm³/mol. The van der Waals surface area contributed by atoms with Crippen LogP contribution in [0.3, 0.4) is 0 Å². The van der Waals surface area contributed by atoms with Gasteiger partial charge in [0.1, 0.15) is 11.5 Å². The molecule has 5 nitrogen and oxygen atoms in total. The Labute approximate surface area is 156 Å². The average molecular weight is 407 g/mol. The molecule has 1 amide bonds. The van der Waals surface area contributed by atoms with Crippen molar-refractivity contribution in [1.29, 1.82) is 0 Å². The standard InChI is InChI=1S/C19H23BrN2O3/c1-12-5-7-18(25-4)16(9-12)22-19(23)11-21-13(2)14-6-8-17(24-3)15(20)10-14/h5-10,13,21H,11H2,1-4H3,(H,22,23)/t13-/m0/s1. The third kappa shape index (κ3) is 5.21. The first-order valence-electron chi connectivity index (χ1n) is 7.96. The van der Waals surface area contributed by atoms with Gasteiger partial charge in [-0.3, -0.25) is 4.79 Å². The smallest absolute Gasteiger partial charge is 0.238 e. The van der Waals surface area contributed by atoms with Gasteiger partial charge in [-0.15, -0.1) is 0 Å². The van der Waals surface area contributed by atoms with E-state index in [0.717, 1.165) is 21.3 Å². The number of carbonyl (C=O) groups is 1. The maximum absolute atomic E-state index is 12.2. The van der Waals surface area contributed by atoms with E-state index in [-0.39, 0.29) is 18.5 Å². The molecule has 0 aromatic heterocycles. The second kappa shape index (κ2) is 8.87. The molecule has 25 heavy (non-hydrogen) atoms. The monoisotopic (exact) mass is 406 g/mol. The van der Waals surface area contributed by atoms with E-state index >= 15 is 0 Å². The molecule has 0 saturated heterocycles. The van der Waals surface area contributed by atoms with E-state index < -0.39 is 0 Å². The van der Waals surface area contributed by atoms with Crippen LogP contribution in [0.2, 0.25) is 0 Å². The fourth-order valence-electron chi connectivity index (χ4n) is 2.43. The number of rotatable bonds is 7. The van der Waals surface area contributed by atoms with Crippen LogP contribution in [-0.4, -0.2) is 26.7 Å². The molecule has 2 aromatic rings. The predicted octanol–water partition coefficient (Wildman–Crippen LogP) is 4.06. The summed E-state index contributed by atoms with van der Waals surface area (Å²) in [5, 5.41) is 6.10. The Balaban J connectivity index is 1.95. The van der Waals surface area contributed by atoms with Crippen LogP contribution in [0.1, 0.15) is 24.1 Å². The minimum Gasteiger partial charge on any atom is -0.496 e.